The maximum absolute atomic E-state index is 11.9. The average molecular weight is 311 g/mol. The third kappa shape index (κ3) is 6.15. The molecule has 2 aromatic rings. The summed E-state index contributed by atoms with van der Waals surface area (Å²) in [6, 6.07) is 16.4. The number of carbonyl (C=O) groups excluding carboxylic acids is 1. The van der Waals surface area contributed by atoms with Crippen LogP contribution >= 0.6 is 0 Å². The molecule has 0 aliphatic heterocycles. The number of rotatable bonds is 8. The van der Waals surface area contributed by atoms with Crippen LogP contribution in [-0.2, 0) is 17.8 Å². The van der Waals surface area contributed by atoms with Gasteiger partial charge in [0.2, 0.25) is 5.91 Å². The fourth-order valence-corrected chi connectivity index (χ4v) is 2.40. The Balaban J connectivity index is 1.61. The van der Waals surface area contributed by atoms with Crippen LogP contribution in [-0.4, -0.2) is 13.0 Å². The molecular weight excluding hydrogens is 286 g/mol. The van der Waals surface area contributed by atoms with Crippen LogP contribution in [0.2, 0.25) is 0 Å². The van der Waals surface area contributed by atoms with Gasteiger partial charge in [-0.15, -0.1) is 0 Å². The van der Waals surface area contributed by atoms with Gasteiger partial charge >= 0.3 is 0 Å². The van der Waals surface area contributed by atoms with Gasteiger partial charge in [-0.1, -0.05) is 42.0 Å². The Morgan fingerprint density at radius 3 is 2.26 bits per heavy atom. The predicted molar refractivity (Wildman–Crippen MR) is 93.6 cm³/mol. The molecule has 23 heavy (non-hydrogen) atoms. The second-order valence-corrected chi connectivity index (χ2v) is 5.82. The van der Waals surface area contributed by atoms with Gasteiger partial charge in [-0.05, 0) is 49.4 Å². The molecule has 0 aliphatic carbocycles. The average Bonchev–Trinajstić information content (AvgIpc) is 2.59. The van der Waals surface area contributed by atoms with Crippen molar-refractivity contribution in [3.8, 4) is 5.75 Å². The summed E-state index contributed by atoms with van der Waals surface area (Å²) >= 11 is 0. The van der Waals surface area contributed by atoms with E-state index in [1.807, 2.05) is 12.1 Å². The Hall–Kier alpha value is -2.29. The Morgan fingerprint density at radius 1 is 0.957 bits per heavy atom. The third-order valence-corrected chi connectivity index (χ3v) is 3.89. The first-order chi connectivity index (χ1) is 11.2. The van der Waals surface area contributed by atoms with Gasteiger partial charge in [-0.25, -0.2) is 0 Å². The Bertz CT molecular complexity index is 603. The van der Waals surface area contributed by atoms with Gasteiger partial charge < -0.3 is 10.1 Å². The smallest absolute Gasteiger partial charge is 0.220 e. The molecule has 2 aromatic carbocycles. The highest BCUT2D eigenvalue weighted by molar-refractivity contribution is 5.75. The topological polar surface area (TPSA) is 38.3 Å². The van der Waals surface area contributed by atoms with Crippen LogP contribution in [0.5, 0.6) is 5.75 Å². The van der Waals surface area contributed by atoms with Crippen molar-refractivity contribution in [1.82, 2.24) is 5.32 Å². The van der Waals surface area contributed by atoms with Crippen molar-refractivity contribution >= 4 is 5.91 Å². The Morgan fingerprint density at radius 2 is 1.61 bits per heavy atom. The lowest BCUT2D eigenvalue weighted by Crippen LogP contribution is -2.22. The van der Waals surface area contributed by atoms with Crippen LogP contribution in [0.1, 0.15) is 36.0 Å². The lowest BCUT2D eigenvalue weighted by atomic mass is 10.1. The molecule has 0 atom stereocenters. The highest BCUT2D eigenvalue weighted by Gasteiger charge is 2.02. The molecular formula is C20H25NO2. The Kier molecular flexibility index (Phi) is 6.67. The number of ether oxygens (including phenoxy) is 1. The van der Waals surface area contributed by atoms with Crippen LogP contribution in [0.25, 0.3) is 0 Å². The van der Waals surface area contributed by atoms with Crippen molar-refractivity contribution in [3.63, 3.8) is 0 Å². The summed E-state index contributed by atoms with van der Waals surface area (Å²) in [5.41, 5.74) is 3.66. The van der Waals surface area contributed by atoms with Crippen molar-refractivity contribution in [2.75, 3.05) is 7.11 Å². The number of nitrogens with one attached hydrogen (secondary N) is 1. The van der Waals surface area contributed by atoms with Gasteiger partial charge in [-0.2, -0.15) is 0 Å². The van der Waals surface area contributed by atoms with Crippen LogP contribution in [0.15, 0.2) is 48.5 Å². The maximum Gasteiger partial charge on any atom is 0.220 e. The van der Waals surface area contributed by atoms with Crippen molar-refractivity contribution in [2.24, 2.45) is 0 Å². The molecule has 0 aromatic heterocycles. The largest absolute Gasteiger partial charge is 0.497 e. The number of hydrogen-bond donors (Lipinski definition) is 1. The van der Waals surface area contributed by atoms with E-state index in [0.29, 0.717) is 13.0 Å². The summed E-state index contributed by atoms with van der Waals surface area (Å²) in [6.45, 7) is 2.67. The fourth-order valence-electron chi connectivity index (χ4n) is 2.40. The molecule has 0 heterocycles. The fraction of sp³-hybridized carbons (Fsp3) is 0.350. The van der Waals surface area contributed by atoms with Crippen molar-refractivity contribution in [3.05, 3.63) is 65.2 Å². The van der Waals surface area contributed by atoms with E-state index in [1.54, 1.807) is 7.11 Å². The van der Waals surface area contributed by atoms with E-state index in [-0.39, 0.29) is 5.91 Å². The van der Waals surface area contributed by atoms with Gasteiger partial charge in [-0.3, -0.25) is 4.79 Å². The first kappa shape index (κ1) is 17.1. The lowest BCUT2D eigenvalue weighted by Gasteiger charge is -2.06. The third-order valence-electron chi connectivity index (χ3n) is 3.89. The van der Waals surface area contributed by atoms with E-state index in [1.165, 1.54) is 11.1 Å². The summed E-state index contributed by atoms with van der Waals surface area (Å²) in [7, 11) is 1.67. The molecule has 1 amide bonds. The molecule has 3 heteroatoms. The van der Waals surface area contributed by atoms with E-state index in [0.717, 1.165) is 30.6 Å². The molecule has 3 nitrogen and oxygen atoms in total. The molecule has 0 unspecified atom stereocenters. The molecule has 0 saturated heterocycles. The monoisotopic (exact) mass is 311 g/mol. The first-order valence-electron chi connectivity index (χ1n) is 8.12. The van der Waals surface area contributed by atoms with Gasteiger partial charge in [0, 0.05) is 13.0 Å². The lowest BCUT2D eigenvalue weighted by molar-refractivity contribution is -0.121. The number of benzene rings is 2. The van der Waals surface area contributed by atoms with E-state index >= 15 is 0 Å². The van der Waals surface area contributed by atoms with Crippen molar-refractivity contribution < 1.29 is 9.53 Å². The number of aryl methyl sites for hydroxylation is 2. The summed E-state index contributed by atoms with van der Waals surface area (Å²) in [6.07, 6.45) is 3.51. The quantitative estimate of drug-likeness (QED) is 0.747. The molecule has 1 N–H and O–H groups in total. The van der Waals surface area contributed by atoms with Crippen molar-refractivity contribution in [2.45, 2.75) is 39.2 Å². The number of carbonyl (C=O) groups is 1. The SMILES string of the molecule is COc1ccc(CCCCC(=O)NCc2ccc(C)cc2)cc1. The first-order valence-corrected chi connectivity index (χ1v) is 8.12. The second kappa shape index (κ2) is 8.99. The standard InChI is InChI=1S/C20H25NO2/c1-16-7-9-18(10-8-16)15-21-20(22)6-4-3-5-17-11-13-19(23-2)14-12-17/h7-14H,3-6,15H2,1-2H3,(H,21,22). The van der Waals surface area contributed by atoms with Gasteiger partial charge in [0.25, 0.3) is 0 Å². The highest BCUT2D eigenvalue weighted by Crippen LogP contribution is 2.13. The van der Waals surface area contributed by atoms with E-state index < -0.39 is 0 Å². The summed E-state index contributed by atoms with van der Waals surface area (Å²) < 4.78 is 5.14. The minimum atomic E-state index is 0.125. The van der Waals surface area contributed by atoms with Crippen LogP contribution in [0.4, 0.5) is 0 Å². The van der Waals surface area contributed by atoms with Crippen LogP contribution in [0.3, 0.4) is 0 Å². The minimum Gasteiger partial charge on any atom is -0.497 e. The zero-order valence-corrected chi connectivity index (χ0v) is 14.0. The second-order valence-electron chi connectivity index (χ2n) is 5.82. The van der Waals surface area contributed by atoms with Crippen LogP contribution < -0.4 is 10.1 Å². The van der Waals surface area contributed by atoms with Gasteiger partial charge in [0.05, 0.1) is 7.11 Å². The minimum absolute atomic E-state index is 0.125. The van der Waals surface area contributed by atoms with Gasteiger partial charge in [0.1, 0.15) is 5.75 Å². The number of methoxy groups -OCH3 is 1. The molecule has 0 saturated carbocycles. The molecule has 0 radical (unpaired) electrons. The van der Waals surface area contributed by atoms with Crippen molar-refractivity contribution in [1.29, 1.82) is 0 Å². The number of unbranched alkanes of at least 4 members (excludes halogenated alkanes) is 1. The maximum atomic E-state index is 11.9. The summed E-state index contributed by atoms with van der Waals surface area (Å²) in [4.78, 5) is 11.9. The Labute approximate surface area is 138 Å². The van der Waals surface area contributed by atoms with Crippen LogP contribution in [0, 0.1) is 6.92 Å². The normalized spacial score (nSPS) is 10.3. The van der Waals surface area contributed by atoms with Gasteiger partial charge in [0.15, 0.2) is 0 Å². The summed E-state index contributed by atoms with van der Waals surface area (Å²) in [5.74, 6) is 1.00. The zero-order valence-electron chi connectivity index (χ0n) is 14.0. The molecule has 0 spiro atoms. The van der Waals surface area contributed by atoms with E-state index in [2.05, 4.69) is 48.6 Å². The van der Waals surface area contributed by atoms with E-state index in [4.69, 9.17) is 4.74 Å². The summed E-state index contributed by atoms with van der Waals surface area (Å²) in [5, 5.41) is 2.98. The molecule has 0 fully saturated rings. The molecule has 122 valence electrons. The van der Waals surface area contributed by atoms with E-state index in [9.17, 15) is 4.79 Å². The number of amides is 1. The highest BCUT2D eigenvalue weighted by atomic mass is 16.5. The molecule has 0 aliphatic rings. The zero-order chi connectivity index (χ0) is 16.5. The predicted octanol–water partition coefficient (Wildman–Crippen LogP) is 4.03. The number of hydrogen-bond acceptors (Lipinski definition) is 2. The molecule has 2 rings (SSSR count). The molecule has 0 bridgehead atoms.